The zero-order valence-corrected chi connectivity index (χ0v) is 16.6. The molecule has 0 spiro atoms. The maximum absolute atomic E-state index is 12.8. The molecule has 0 aliphatic heterocycles. The molecule has 0 aliphatic carbocycles. The van der Waals surface area contributed by atoms with Gasteiger partial charge in [0.1, 0.15) is 17.1 Å². The van der Waals surface area contributed by atoms with Gasteiger partial charge in [-0.25, -0.2) is 4.79 Å². The number of phenols is 2. The van der Waals surface area contributed by atoms with Crippen LogP contribution in [-0.4, -0.2) is 27.6 Å². The second-order valence-corrected chi connectivity index (χ2v) is 7.32. The lowest BCUT2D eigenvalue weighted by Crippen LogP contribution is -2.21. The van der Waals surface area contributed by atoms with Crippen molar-refractivity contribution in [3.05, 3.63) is 65.0 Å². The van der Waals surface area contributed by atoms with Gasteiger partial charge >= 0.3 is 5.63 Å². The number of hydrogen-bond donors (Lipinski definition) is 6. The fourth-order valence-corrected chi connectivity index (χ4v) is 3.78. The van der Waals surface area contributed by atoms with Crippen molar-refractivity contribution in [2.24, 2.45) is 5.73 Å². The molecule has 160 valence electrons. The maximum Gasteiger partial charge on any atom is 0.346 e. The molecule has 7 N–H and O–H groups in total. The smallest absolute Gasteiger partial charge is 0.346 e. The topological polar surface area (TPSA) is 154 Å². The zero-order valence-electron chi connectivity index (χ0n) is 16.6. The summed E-state index contributed by atoms with van der Waals surface area (Å²) in [5.74, 6) is -0.307. The van der Waals surface area contributed by atoms with Crippen molar-refractivity contribution in [3.8, 4) is 11.5 Å². The number of hydrogen-bond acceptors (Lipinski definition) is 7. The van der Waals surface area contributed by atoms with Crippen LogP contribution in [0, 0.1) is 0 Å². The number of H-pyrrole nitrogens is 1. The highest BCUT2D eigenvalue weighted by Crippen LogP contribution is 2.37. The number of benzene rings is 3. The first-order chi connectivity index (χ1) is 15.4. The summed E-state index contributed by atoms with van der Waals surface area (Å²) >= 11 is 0. The van der Waals surface area contributed by atoms with E-state index in [1.165, 1.54) is 24.3 Å². The van der Waals surface area contributed by atoms with E-state index in [2.05, 4.69) is 15.6 Å². The second kappa shape index (κ2) is 7.33. The molecule has 1 amide bonds. The molecule has 5 rings (SSSR count). The number of anilines is 3. The Morgan fingerprint density at radius 1 is 0.969 bits per heavy atom. The summed E-state index contributed by atoms with van der Waals surface area (Å²) < 4.78 is 5.44. The van der Waals surface area contributed by atoms with Gasteiger partial charge in [-0.1, -0.05) is 0 Å². The van der Waals surface area contributed by atoms with Crippen molar-refractivity contribution in [2.45, 2.75) is 0 Å². The normalized spacial score (nSPS) is 11.3. The standard InChI is InChI=1S/C23H18N4O5/c24-10-19(30)26-12-3-1-11(2-4-12)25-16-7-14(29)8-17-20(16)21-22(27-17)15-6-5-13(28)9-18(15)32-23(21)31/h1-9,25,27-29H,10,24H2,(H,26,30). The number of aromatic amines is 1. The van der Waals surface area contributed by atoms with Gasteiger partial charge in [-0.05, 0) is 36.4 Å². The highest BCUT2D eigenvalue weighted by molar-refractivity contribution is 6.19. The van der Waals surface area contributed by atoms with Crippen molar-refractivity contribution in [1.82, 2.24) is 4.98 Å². The Bertz CT molecular complexity index is 1570. The maximum atomic E-state index is 12.8. The van der Waals surface area contributed by atoms with Crippen LogP contribution in [0.1, 0.15) is 0 Å². The van der Waals surface area contributed by atoms with E-state index in [9.17, 15) is 19.8 Å². The molecule has 32 heavy (non-hydrogen) atoms. The Labute approximate surface area is 180 Å². The summed E-state index contributed by atoms with van der Waals surface area (Å²) in [5.41, 5.74) is 7.84. The van der Waals surface area contributed by atoms with Gasteiger partial charge in [0, 0.05) is 40.3 Å². The fraction of sp³-hybridized carbons (Fsp3) is 0.0435. The molecule has 3 aromatic carbocycles. The molecule has 0 unspecified atom stereocenters. The molecule has 2 aromatic heterocycles. The Kier molecular flexibility index (Phi) is 4.46. The predicted octanol–water partition coefficient (Wildman–Crippen LogP) is 3.48. The Morgan fingerprint density at radius 3 is 2.47 bits per heavy atom. The van der Waals surface area contributed by atoms with Gasteiger partial charge in [0.15, 0.2) is 0 Å². The average Bonchev–Trinajstić information content (AvgIpc) is 3.15. The molecule has 0 fully saturated rings. The van der Waals surface area contributed by atoms with Crippen molar-refractivity contribution in [2.75, 3.05) is 17.2 Å². The van der Waals surface area contributed by atoms with Crippen LogP contribution in [0.5, 0.6) is 11.5 Å². The SMILES string of the molecule is NCC(=O)Nc1ccc(Nc2cc(O)cc3[nH]c4c5ccc(O)cc5oc(=O)c4c23)cc1. The lowest BCUT2D eigenvalue weighted by molar-refractivity contribution is -0.114. The predicted molar refractivity (Wildman–Crippen MR) is 123 cm³/mol. The molecular weight excluding hydrogens is 412 g/mol. The number of carbonyl (C=O) groups excluding carboxylic acids is 1. The quantitative estimate of drug-likeness (QED) is 0.239. The van der Waals surface area contributed by atoms with Crippen LogP contribution in [0.15, 0.2) is 63.8 Å². The Hall–Kier alpha value is -4.50. The van der Waals surface area contributed by atoms with Crippen LogP contribution in [-0.2, 0) is 4.79 Å². The monoisotopic (exact) mass is 430 g/mol. The van der Waals surface area contributed by atoms with Crippen molar-refractivity contribution < 1.29 is 19.4 Å². The largest absolute Gasteiger partial charge is 0.508 e. The molecule has 9 heteroatoms. The van der Waals surface area contributed by atoms with Crippen LogP contribution in [0.3, 0.4) is 0 Å². The molecule has 5 aromatic rings. The van der Waals surface area contributed by atoms with Crippen LogP contribution >= 0.6 is 0 Å². The minimum atomic E-state index is -0.571. The molecule has 0 radical (unpaired) electrons. The number of aromatic hydroxyl groups is 2. The molecule has 0 saturated carbocycles. The molecule has 0 aliphatic rings. The lowest BCUT2D eigenvalue weighted by atomic mass is 10.1. The number of aromatic nitrogens is 1. The molecule has 0 saturated heterocycles. The second-order valence-electron chi connectivity index (χ2n) is 7.32. The van der Waals surface area contributed by atoms with Gasteiger partial charge in [0.25, 0.3) is 0 Å². The molecule has 0 atom stereocenters. The van der Waals surface area contributed by atoms with Crippen LogP contribution in [0.25, 0.3) is 32.8 Å². The number of fused-ring (bicyclic) bond motifs is 5. The third-order valence-electron chi connectivity index (χ3n) is 5.16. The number of rotatable bonds is 4. The van der Waals surface area contributed by atoms with Gasteiger partial charge in [-0.2, -0.15) is 0 Å². The molecule has 2 heterocycles. The first-order valence-corrected chi connectivity index (χ1v) is 9.74. The highest BCUT2D eigenvalue weighted by Gasteiger charge is 2.18. The summed E-state index contributed by atoms with van der Waals surface area (Å²) in [4.78, 5) is 27.5. The number of phenolic OH excluding ortho intramolecular Hbond substituents is 2. The van der Waals surface area contributed by atoms with E-state index in [4.69, 9.17) is 10.2 Å². The van der Waals surface area contributed by atoms with Crippen molar-refractivity contribution in [1.29, 1.82) is 0 Å². The van der Waals surface area contributed by atoms with Crippen LogP contribution < -0.4 is 22.0 Å². The number of nitrogens with one attached hydrogen (secondary N) is 3. The van der Waals surface area contributed by atoms with Gasteiger partial charge in [0.2, 0.25) is 5.91 Å². The third kappa shape index (κ3) is 3.26. The van der Waals surface area contributed by atoms with E-state index in [0.29, 0.717) is 44.3 Å². The fourth-order valence-electron chi connectivity index (χ4n) is 3.78. The molecule has 0 bridgehead atoms. The van der Waals surface area contributed by atoms with Gasteiger partial charge in [0.05, 0.1) is 28.7 Å². The summed E-state index contributed by atoms with van der Waals surface area (Å²) in [7, 11) is 0. The number of carbonyl (C=O) groups is 1. The Balaban J connectivity index is 1.65. The van der Waals surface area contributed by atoms with E-state index in [1.54, 1.807) is 30.3 Å². The summed E-state index contributed by atoms with van der Waals surface area (Å²) in [5, 5.41) is 27.3. The van der Waals surface area contributed by atoms with Crippen LogP contribution in [0.4, 0.5) is 17.1 Å². The lowest BCUT2D eigenvalue weighted by Gasteiger charge is -2.10. The minimum Gasteiger partial charge on any atom is -0.508 e. The van der Waals surface area contributed by atoms with Gasteiger partial charge < -0.3 is 36.0 Å². The summed E-state index contributed by atoms with van der Waals surface area (Å²) in [6, 6.07) is 14.5. The third-order valence-corrected chi connectivity index (χ3v) is 5.16. The van der Waals surface area contributed by atoms with E-state index in [0.717, 1.165) is 0 Å². The van der Waals surface area contributed by atoms with E-state index >= 15 is 0 Å². The Morgan fingerprint density at radius 2 is 1.72 bits per heavy atom. The van der Waals surface area contributed by atoms with Gasteiger partial charge in [-0.15, -0.1) is 0 Å². The highest BCUT2D eigenvalue weighted by atomic mass is 16.4. The number of amides is 1. The molecular formula is C23H18N4O5. The first kappa shape index (κ1) is 19.5. The average molecular weight is 430 g/mol. The minimum absolute atomic E-state index is 0.00437. The number of nitrogens with two attached hydrogens (primary N) is 1. The first-order valence-electron chi connectivity index (χ1n) is 9.74. The van der Waals surface area contributed by atoms with Crippen LogP contribution in [0.2, 0.25) is 0 Å². The van der Waals surface area contributed by atoms with Gasteiger partial charge in [-0.3, -0.25) is 4.79 Å². The summed E-state index contributed by atoms with van der Waals surface area (Å²) in [6.07, 6.45) is 0. The van der Waals surface area contributed by atoms with Crippen molar-refractivity contribution in [3.63, 3.8) is 0 Å². The van der Waals surface area contributed by atoms with Crippen molar-refractivity contribution >= 4 is 55.7 Å². The van der Waals surface area contributed by atoms with E-state index in [-0.39, 0.29) is 29.5 Å². The van der Waals surface area contributed by atoms with E-state index in [1.807, 2.05) is 0 Å². The molecule has 9 nitrogen and oxygen atoms in total. The summed E-state index contributed by atoms with van der Waals surface area (Å²) in [6.45, 7) is -0.112. The zero-order chi connectivity index (χ0) is 22.4. The van der Waals surface area contributed by atoms with E-state index < -0.39 is 5.63 Å².